The average Bonchev–Trinajstić information content (AvgIpc) is 2.69. The molecule has 5 N–H and O–H groups in total. The van der Waals surface area contributed by atoms with Crippen LogP contribution in [0.25, 0.3) is 10.2 Å². The molecule has 2 aromatic rings. The molecule has 5 nitrogen and oxygen atoms in total. The third-order valence-electron chi connectivity index (χ3n) is 1.99. The summed E-state index contributed by atoms with van der Waals surface area (Å²) in [4.78, 5) is 3.26. The Morgan fingerprint density at radius 3 is 2.69 bits per heavy atom. The van der Waals surface area contributed by atoms with Crippen LogP contribution in [0.4, 0.5) is 0 Å². The van der Waals surface area contributed by atoms with Crippen LogP contribution in [-0.4, -0.2) is 11.7 Å². The van der Waals surface area contributed by atoms with Gasteiger partial charge >= 0.3 is 0 Å². The Balaban J connectivity index is 2.40. The van der Waals surface area contributed by atoms with Crippen LogP contribution < -0.4 is 16.5 Å². The lowest BCUT2D eigenvalue weighted by atomic mass is 10.3. The van der Waals surface area contributed by atoms with Crippen LogP contribution in [0.5, 0.6) is 0 Å². The van der Waals surface area contributed by atoms with Crippen molar-refractivity contribution in [3.8, 4) is 0 Å². The van der Waals surface area contributed by atoms with Crippen LogP contribution in [-0.2, 0) is 0 Å². The number of rotatable bonds is 2. The molecule has 0 spiro atoms. The van der Waals surface area contributed by atoms with Crippen molar-refractivity contribution in [1.29, 1.82) is 0 Å². The Kier molecular flexibility index (Phi) is 2.82. The Bertz CT molecular complexity index is 532. The van der Waals surface area contributed by atoms with Crippen molar-refractivity contribution in [2.75, 3.05) is 0 Å². The van der Waals surface area contributed by atoms with Gasteiger partial charge in [-0.3, -0.25) is 0 Å². The van der Waals surface area contributed by atoms with E-state index in [1.54, 1.807) is 11.3 Å². The number of aromatic nitrogens is 1. The molecular formula is C10H12N5S+. The fourth-order valence-electron chi connectivity index (χ4n) is 1.26. The van der Waals surface area contributed by atoms with E-state index in [9.17, 15) is 0 Å². The summed E-state index contributed by atoms with van der Waals surface area (Å²) in [6.07, 6.45) is 0. The van der Waals surface area contributed by atoms with E-state index in [4.69, 9.17) is 11.5 Å². The Morgan fingerprint density at radius 1 is 1.25 bits per heavy atom. The zero-order chi connectivity index (χ0) is 11.5. The van der Waals surface area contributed by atoms with E-state index >= 15 is 0 Å². The predicted molar refractivity (Wildman–Crippen MR) is 66.4 cm³/mol. The number of fused-ring (bicyclic) bond motifs is 1. The van der Waals surface area contributed by atoms with E-state index in [1.807, 2.05) is 31.2 Å². The third-order valence-corrected chi connectivity index (χ3v) is 3.17. The minimum Gasteiger partial charge on any atom is -0.369 e. The average molecular weight is 234 g/mol. The van der Waals surface area contributed by atoms with Crippen LogP contribution >= 0.6 is 11.3 Å². The molecule has 0 saturated carbocycles. The van der Waals surface area contributed by atoms with Gasteiger partial charge in [0.25, 0.3) is 5.01 Å². The van der Waals surface area contributed by atoms with Crippen molar-refractivity contribution in [3.05, 3.63) is 29.3 Å². The van der Waals surface area contributed by atoms with Gasteiger partial charge in [-0.25, -0.2) is 0 Å². The van der Waals surface area contributed by atoms with Crippen molar-refractivity contribution < 1.29 is 4.98 Å². The van der Waals surface area contributed by atoms with Gasteiger partial charge in [-0.1, -0.05) is 23.5 Å². The number of H-pyrrole nitrogens is 1. The standard InChI is InChI=1S/C10H11N5S/c1-6(14-15-10(11)12)9-13-7-4-2-3-5-8(7)16-9/h2-5H,1H3,(H4,11,12,15)/p+1/b14-6-. The normalized spacial score (nSPS) is 11.7. The monoisotopic (exact) mass is 234 g/mol. The maximum absolute atomic E-state index is 5.21. The number of benzene rings is 1. The Morgan fingerprint density at radius 2 is 2.00 bits per heavy atom. The Labute approximate surface area is 96.5 Å². The number of nitrogens with zero attached hydrogens (tertiary/aromatic N) is 2. The van der Waals surface area contributed by atoms with E-state index < -0.39 is 0 Å². The first-order chi connectivity index (χ1) is 7.66. The predicted octanol–water partition coefficient (Wildman–Crippen LogP) is 0.713. The highest BCUT2D eigenvalue weighted by molar-refractivity contribution is 7.19. The van der Waals surface area contributed by atoms with Crippen LogP contribution in [0.3, 0.4) is 0 Å². The zero-order valence-corrected chi connectivity index (χ0v) is 9.58. The van der Waals surface area contributed by atoms with Gasteiger partial charge < -0.3 is 11.5 Å². The Hall–Kier alpha value is -1.95. The first-order valence-electron chi connectivity index (χ1n) is 4.71. The highest BCUT2D eigenvalue weighted by Gasteiger charge is 2.12. The van der Waals surface area contributed by atoms with Gasteiger partial charge in [0, 0.05) is 6.07 Å². The molecule has 0 fully saturated rings. The number of nitrogens with two attached hydrogens (primary N) is 2. The van der Waals surface area contributed by atoms with Gasteiger partial charge in [0.1, 0.15) is 10.4 Å². The summed E-state index contributed by atoms with van der Waals surface area (Å²) in [6, 6.07) is 8.05. The molecular weight excluding hydrogens is 222 g/mol. The molecule has 0 atom stereocenters. The largest absolute Gasteiger partial charge is 0.369 e. The maximum atomic E-state index is 5.21. The fourth-order valence-corrected chi connectivity index (χ4v) is 2.20. The smallest absolute Gasteiger partial charge is 0.284 e. The van der Waals surface area contributed by atoms with E-state index in [0.717, 1.165) is 16.2 Å². The molecule has 0 bridgehead atoms. The van der Waals surface area contributed by atoms with Gasteiger partial charge in [0.05, 0.1) is 0 Å². The molecule has 6 heteroatoms. The number of para-hydroxylation sites is 1. The summed E-state index contributed by atoms with van der Waals surface area (Å²) in [6.45, 7) is 1.85. The number of hydrogen-bond acceptors (Lipinski definition) is 3. The van der Waals surface area contributed by atoms with Crippen LogP contribution in [0, 0.1) is 0 Å². The minimum absolute atomic E-state index is 0.0412. The molecule has 0 amide bonds. The lowest BCUT2D eigenvalue weighted by Gasteiger charge is -1.86. The summed E-state index contributed by atoms with van der Waals surface area (Å²) >= 11 is 1.62. The lowest BCUT2D eigenvalue weighted by Crippen LogP contribution is -2.22. The van der Waals surface area contributed by atoms with E-state index in [-0.39, 0.29) is 5.96 Å². The summed E-state index contributed by atoms with van der Waals surface area (Å²) in [5, 5.41) is 8.49. The van der Waals surface area contributed by atoms with E-state index in [1.165, 1.54) is 4.70 Å². The molecule has 0 unspecified atom stereocenters. The van der Waals surface area contributed by atoms with Gasteiger partial charge in [-0.2, -0.15) is 4.98 Å². The molecule has 0 radical (unpaired) electrons. The number of aromatic amines is 1. The second-order valence-corrected chi connectivity index (χ2v) is 4.31. The zero-order valence-electron chi connectivity index (χ0n) is 8.77. The molecule has 1 aromatic carbocycles. The topological polar surface area (TPSA) is 90.9 Å². The van der Waals surface area contributed by atoms with Crippen molar-refractivity contribution in [1.82, 2.24) is 0 Å². The molecule has 16 heavy (non-hydrogen) atoms. The number of nitrogens with one attached hydrogen (secondary N) is 1. The molecule has 0 aliphatic carbocycles. The van der Waals surface area contributed by atoms with Crippen LogP contribution in [0.1, 0.15) is 11.9 Å². The molecule has 0 aliphatic heterocycles. The van der Waals surface area contributed by atoms with Gasteiger partial charge in [-0.15, -0.1) is 10.2 Å². The van der Waals surface area contributed by atoms with Crippen molar-refractivity contribution in [3.63, 3.8) is 0 Å². The SMILES string of the molecule is C/C(=N/N=C(N)N)c1[nH+]c2ccccc2s1. The van der Waals surface area contributed by atoms with Gasteiger partial charge in [-0.05, 0) is 13.0 Å². The van der Waals surface area contributed by atoms with Crippen LogP contribution in [0.15, 0.2) is 34.5 Å². The molecule has 2 rings (SSSR count). The van der Waals surface area contributed by atoms with Crippen molar-refractivity contribution in [2.24, 2.45) is 21.7 Å². The summed E-state index contributed by atoms with van der Waals surface area (Å²) < 4.78 is 1.18. The molecule has 0 saturated heterocycles. The minimum atomic E-state index is -0.0412. The first kappa shape index (κ1) is 10.6. The summed E-state index contributed by atoms with van der Waals surface area (Å²) in [5.74, 6) is -0.0412. The van der Waals surface area contributed by atoms with Gasteiger partial charge in [0.2, 0.25) is 11.5 Å². The lowest BCUT2D eigenvalue weighted by molar-refractivity contribution is -0.340. The van der Waals surface area contributed by atoms with E-state index in [0.29, 0.717) is 0 Å². The van der Waals surface area contributed by atoms with Crippen molar-refractivity contribution in [2.45, 2.75) is 6.92 Å². The molecule has 1 aromatic heterocycles. The molecule has 0 aliphatic rings. The summed E-state index contributed by atoms with van der Waals surface area (Å²) in [5.41, 5.74) is 12.3. The third kappa shape index (κ3) is 2.17. The van der Waals surface area contributed by atoms with Crippen LogP contribution in [0.2, 0.25) is 0 Å². The van der Waals surface area contributed by atoms with Gasteiger partial charge in [0.15, 0.2) is 0 Å². The summed E-state index contributed by atoms with van der Waals surface area (Å²) in [7, 11) is 0. The van der Waals surface area contributed by atoms with Crippen molar-refractivity contribution >= 4 is 33.2 Å². The fraction of sp³-hybridized carbons (Fsp3) is 0.100. The first-order valence-corrected chi connectivity index (χ1v) is 5.53. The van der Waals surface area contributed by atoms with E-state index in [2.05, 4.69) is 15.2 Å². The highest BCUT2D eigenvalue weighted by Crippen LogP contribution is 2.18. The second-order valence-electron chi connectivity index (χ2n) is 3.26. The number of hydrogen-bond donors (Lipinski definition) is 2. The number of guanidine groups is 1. The maximum Gasteiger partial charge on any atom is 0.284 e. The molecule has 1 heterocycles. The molecule has 82 valence electrons. The number of thiazole rings is 1. The highest BCUT2D eigenvalue weighted by atomic mass is 32.1. The second kappa shape index (κ2) is 4.28. The quantitative estimate of drug-likeness (QED) is 0.455.